The zero-order valence-corrected chi connectivity index (χ0v) is 15.9. The molecule has 2 rings (SSSR count). The van der Waals surface area contributed by atoms with Crippen LogP contribution in [0.15, 0.2) is 0 Å². The molecule has 0 spiro atoms. The van der Waals surface area contributed by atoms with E-state index in [0.717, 1.165) is 32.4 Å². The van der Waals surface area contributed by atoms with Gasteiger partial charge in [0, 0.05) is 45.3 Å². The number of amides is 3. The summed E-state index contributed by atoms with van der Waals surface area (Å²) >= 11 is 0. The van der Waals surface area contributed by atoms with Crippen molar-refractivity contribution < 1.29 is 14.3 Å². The van der Waals surface area contributed by atoms with Crippen molar-refractivity contribution in [1.29, 1.82) is 0 Å². The van der Waals surface area contributed by atoms with Crippen LogP contribution in [-0.4, -0.2) is 55.7 Å². The lowest BCUT2D eigenvalue weighted by Gasteiger charge is -2.42. The molecule has 3 amide bonds. The minimum Gasteiger partial charge on any atom is -0.385 e. The highest BCUT2D eigenvalue weighted by molar-refractivity contribution is 5.77. The monoisotopic (exact) mass is 353 g/mol. The first-order valence-electron chi connectivity index (χ1n) is 9.91. The van der Waals surface area contributed by atoms with Gasteiger partial charge in [-0.05, 0) is 44.9 Å². The predicted molar refractivity (Wildman–Crippen MR) is 98.4 cm³/mol. The van der Waals surface area contributed by atoms with Gasteiger partial charge in [-0.25, -0.2) is 4.79 Å². The number of ether oxygens (including phenoxy) is 1. The summed E-state index contributed by atoms with van der Waals surface area (Å²) in [5, 5.41) is 5.95. The number of hydrogen-bond donors (Lipinski definition) is 2. The molecule has 1 aliphatic heterocycles. The van der Waals surface area contributed by atoms with Gasteiger partial charge in [-0.3, -0.25) is 4.79 Å². The minimum atomic E-state index is -0.267. The summed E-state index contributed by atoms with van der Waals surface area (Å²) in [5.41, 5.74) is -0.267. The van der Waals surface area contributed by atoms with Crippen LogP contribution in [0.1, 0.15) is 64.7 Å². The van der Waals surface area contributed by atoms with E-state index >= 15 is 0 Å². The van der Waals surface area contributed by atoms with Crippen molar-refractivity contribution in [2.24, 2.45) is 5.92 Å². The highest BCUT2D eigenvalue weighted by atomic mass is 16.5. The normalized spacial score (nSPS) is 21.0. The number of rotatable bonds is 7. The zero-order chi connectivity index (χ0) is 18.1. The summed E-state index contributed by atoms with van der Waals surface area (Å²) in [6, 6.07) is -0.124. The lowest BCUT2D eigenvalue weighted by Crippen LogP contribution is -2.58. The molecule has 1 saturated heterocycles. The molecule has 0 unspecified atom stereocenters. The Bertz CT molecular complexity index is 428. The number of piperidine rings is 1. The van der Waals surface area contributed by atoms with Crippen molar-refractivity contribution in [2.45, 2.75) is 70.3 Å². The van der Waals surface area contributed by atoms with Gasteiger partial charge in [0.05, 0.1) is 0 Å². The second-order valence-electron chi connectivity index (χ2n) is 7.60. The van der Waals surface area contributed by atoms with Gasteiger partial charge in [0.1, 0.15) is 0 Å². The van der Waals surface area contributed by atoms with Gasteiger partial charge in [0.25, 0.3) is 0 Å². The topological polar surface area (TPSA) is 70.7 Å². The summed E-state index contributed by atoms with van der Waals surface area (Å²) in [5.74, 6) is 0.875. The van der Waals surface area contributed by atoms with Crippen LogP contribution in [0.5, 0.6) is 0 Å². The van der Waals surface area contributed by atoms with E-state index in [4.69, 9.17) is 4.74 Å². The molecule has 1 saturated carbocycles. The Kier molecular flexibility index (Phi) is 8.00. The Morgan fingerprint density at radius 1 is 1.16 bits per heavy atom. The number of methoxy groups -OCH3 is 1. The number of urea groups is 1. The lowest BCUT2D eigenvalue weighted by atomic mass is 9.83. The molecule has 0 aromatic carbocycles. The molecular formula is C19H35N3O3. The molecule has 2 N–H and O–H groups in total. The van der Waals surface area contributed by atoms with Crippen LogP contribution in [0.25, 0.3) is 0 Å². The maximum Gasteiger partial charge on any atom is 0.315 e. The number of nitrogens with zero attached hydrogens (tertiary/aromatic N) is 1. The maximum atomic E-state index is 12.6. The number of likely N-dealkylation sites (tertiary alicyclic amines) is 1. The van der Waals surface area contributed by atoms with Crippen LogP contribution >= 0.6 is 0 Å². The van der Waals surface area contributed by atoms with Crippen LogP contribution in [-0.2, 0) is 9.53 Å². The predicted octanol–water partition coefficient (Wildman–Crippen LogP) is 2.67. The molecule has 0 atom stereocenters. The second kappa shape index (κ2) is 10.00. The third-order valence-electron chi connectivity index (χ3n) is 5.76. The third-order valence-corrected chi connectivity index (χ3v) is 5.76. The molecule has 2 fully saturated rings. The van der Waals surface area contributed by atoms with E-state index in [2.05, 4.69) is 10.6 Å². The molecule has 1 heterocycles. The summed E-state index contributed by atoms with van der Waals surface area (Å²) in [6.45, 7) is 4.58. The fraction of sp³-hybridized carbons (Fsp3) is 0.895. The molecular weight excluding hydrogens is 318 g/mol. The van der Waals surface area contributed by atoms with Crippen molar-refractivity contribution in [1.82, 2.24) is 15.5 Å². The minimum absolute atomic E-state index is 0.124. The van der Waals surface area contributed by atoms with Crippen molar-refractivity contribution >= 4 is 11.9 Å². The Morgan fingerprint density at radius 3 is 2.44 bits per heavy atom. The van der Waals surface area contributed by atoms with E-state index in [9.17, 15) is 9.59 Å². The molecule has 0 aromatic rings. The van der Waals surface area contributed by atoms with Gasteiger partial charge in [0.2, 0.25) is 5.91 Å². The fourth-order valence-corrected chi connectivity index (χ4v) is 4.13. The first kappa shape index (κ1) is 20.0. The van der Waals surface area contributed by atoms with Crippen LogP contribution in [0, 0.1) is 5.92 Å². The summed E-state index contributed by atoms with van der Waals surface area (Å²) in [4.78, 5) is 26.6. The number of nitrogens with one attached hydrogen (secondary N) is 2. The Balaban J connectivity index is 1.86. The number of carbonyl (C=O) groups is 2. The van der Waals surface area contributed by atoms with Crippen molar-refractivity contribution in [3.63, 3.8) is 0 Å². The first-order valence-corrected chi connectivity index (χ1v) is 9.91. The Morgan fingerprint density at radius 2 is 1.84 bits per heavy atom. The Labute approximate surface area is 152 Å². The van der Waals surface area contributed by atoms with Crippen LogP contribution in [0.3, 0.4) is 0 Å². The number of carbonyl (C=O) groups excluding carboxylic acids is 2. The van der Waals surface area contributed by atoms with Gasteiger partial charge >= 0.3 is 6.03 Å². The first-order chi connectivity index (χ1) is 12.1. The van der Waals surface area contributed by atoms with Crippen molar-refractivity contribution in [3.05, 3.63) is 0 Å². The van der Waals surface area contributed by atoms with E-state index in [-0.39, 0.29) is 11.6 Å². The summed E-state index contributed by atoms with van der Waals surface area (Å²) in [6.07, 6.45) is 9.35. The average molecular weight is 354 g/mol. The van der Waals surface area contributed by atoms with Crippen LogP contribution in [0.2, 0.25) is 0 Å². The molecule has 0 bridgehead atoms. The van der Waals surface area contributed by atoms with Gasteiger partial charge in [-0.2, -0.15) is 0 Å². The third kappa shape index (κ3) is 6.17. The van der Waals surface area contributed by atoms with Gasteiger partial charge in [0.15, 0.2) is 0 Å². The van der Waals surface area contributed by atoms with E-state index in [0.29, 0.717) is 31.4 Å². The van der Waals surface area contributed by atoms with Gasteiger partial charge < -0.3 is 20.3 Å². The molecule has 6 nitrogen and oxygen atoms in total. The van der Waals surface area contributed by atoms with Gasteiger partial charge in [-0.15, -0.1) is 0 Å². The maximum absolute atomic E-state index is 12.6. The molecule has 2 aliphatic rings. The molecule has 1 aliphatic carbocycles. The number of hydrogen-bond acceptors (Lipinski definition) is 3. The van der Waals surface area contributed by atoms with Crippen molar-refractivity contribution in [2.75, 3.05) is 33.4 Å². The molecule has 0 radical (unpaired) electrons. The summed E-state index contributed by atoms with van der Waals surface area (Å²) in [7, 11) is 1.68. The smallest absolute Gasteiger partial charge is 0.315 e. The Hall–Kier alpha value is -1.30. The van der Waals surface area contributed by atoms with E-state index in [1.807, 2.05) is 11.8 Å². The van der Waals surface area contributed by atoms with Crippen LogP contribution in [0.4, 0.5) is 4.79 Å². The fourth-order valence-electron chi connectivity index (χ4n) is 4.13. The summed E-state index contributed by atoms with van der Waals surface area (Å²) < 4.78 is 5.23. The molecule has 6 heteroatoms. The lowest BCUT2D eigenvalue weighted by molar-refractivity contribution is -0.134. The highest BCUT2D eigenvalue weighted by Gasteiger charge is 2.37. The molecule has 0 aromatic heterocycles. The highest BCUT2D eigenvalue weighted by Crippen LogP contribution is 2.30. The quantitative estimate of drug-likeness (QED) is 0.739. The standard InChI is InChI=1S/C19H35N3O3/c1-3-20-18(24)21-19(11-14-25-2)9-12-22(13-10-19)17(23)15-16-7-5-4-6-8-16/h16H,3-15H2,1-2H3,(H2,20,21,24). The van der Waals surface area contributed by atoms with E-state index in [1.54, 1.807) is 7.11 Å². The van der Waals surface area contributed by atoms with E-state index < -0.39 is 0 Å². The molecule has 25 heavy (non-hydrogen) atoms. The molecule has 144 valence electrons. The van der Waals surface area contributed by atoms with Crippen molar-refractivity contribution in [3.8, 4) is 0 Å². The zero-order valence-electron chi connectivity index (χ0n) is 15.9. The SMILES string of the molecule is CCNC(=O)NC1(CCOC)CCN(C(=O)CC2CCCCC2)CC1. The van der Waals surface area contributed by atoms with Gasteiger partial charge in [-0.1, -0.05) is 19.3 Å². The largest absolute Gasteiger partial charge is 0.385 e. The van der Waals surface area contributed by atoms with E-state index in [1.165, 1.54) is 32.1 Å². The second-order valence-corrected chi connectivity index (χ2v) is 7.60. The van der Waals surface area contributed by atoms with Crippen LogP contribution < -0.4 is 10.6 Å². The average Bonchev–Trinajstić information content (AvgIpc) is 2.61.